The van der Waals surface area contributed by atoms with Crippen molar-refractivity contribution >= 4 is 11.7 Å². The van der Waals surface area contributed by atoms with Crippen molar-refractivity contribution in [3.63, 3.8) is 0 Å². The van der Waals surface area contributed by atoms with Crippen LogP contribution in [0, 0.1) is 0 Å². The first-order chi connectivity index (χ1) is 12.2. The van der Waals surface area contributed by atoms with Crippen molar-refractivity contribution in [1.29, 1.82) is 0 Å². The summed E-state index contributed by atoms with van der Waals surface area (Å²) in [5, 5.41) is 7.74. The fraction of sp³-hybridized carbons (Fsp3) is 0.526. The first-order valence-corrected chi connectivity index (χ1v) is 9.23. The number of hydrogen-bond acceptors (Lipinski definition) is 4. The number of pyridine rings is 1. The molecule has 2 fully saturated rings. The third-order valence-electron chi connectivity index (χ3n) is 5.25. The summed E-state index contributed by atoms with van der Waals surface area (Å²) in [6, 6.07) is 6.20. The molecule has 1 saturated carbocycles. The smallest absolute Gasteiger partial charge is 0.272 e. The van der Waals surface area contributed by atoms with E-state index in [-0.39, 0.29) is 11.9 Å². The second-order valence-corrected chi connectivity index (χ2v) is 6.93. The summed E-state index contributed by atoms with van der Waals surface area (Å²) in [7, 11) is 1.86. The minimum Gasteiger partial charge on any atom is -0.373 e. The van der Waals surface area contributed by atoms with Crippen molar-refractivity contribution in [1.82, 2.24) is 19.7 Å². The Morgan fingerprint density at radius 2 is 2.16 bits per heavy atom. The summed E-state index contributed by atoms with van der Waals surface area (Å²) >= 11 is 0. The number of aromatic nitrogens is 3. The molecule has 0 unspecified atom stereocenters. The fourth-order valence-corrected chi connectivity index (χ4v) is 3.72. The Kier molecular flexibility index (Phi) is 4.19. The number of carbonyl (C=O) groups is 1. The average molecular weight is 339 g/mol. The lowest BCUT2D eigenvalue weighted by Gasteiger charge is -2.25. The lowest BCUT2D eigenvalue weighted by molar-refractivity contribution is 0.0723. The Bertz CT molecular complexity index is 780. The van der Waals surface area contributed by atoms with E-state index in [0.29, 0.717) is 5.92 Å². The van der Waals surface area contributed by atoms with Gasteiger partial charge in [0.1, 0.15) is 11.5 Å². The zero-order valence-corrected chi connectivity index (χ0v) is 14.9. The molecule has 1 aliphatic heterocycles. The zero-order chi connectivity index (χ0) is 17.4. The van der Waals surface area contributed by atoms with Crippen LogP contribution >= 0.6 is 0 Å². The van der Waals surface area contributed by atoms with Crippen molar-refractivity contribution < 1.29 is 4.79 Å². The number of rotatable bonds is 5. The van der Waals surface area contributed by atoms with Crippen molar-refractivity contribution in [3.8, 4) is 0 Å². The topological polar surface area (TPSA) is 63.1 Å². The van der Waals surface area contributed by atoms with Crippen LogP contribution in [0.4, 0.5) is 5.82 Å². The third kappa shape index (κ3) is 3.01. The van der Waals surface area contributed by atoms with Gasteiger partial charge >= 0.3 is 0 Å². The molecule has 0 spiro atoms. The maximum absolute atomic E-state index is 13.3. The molecule has 2 aromatic heterocycles. The second-order valence-electron chi connectivity index (χ2n) is 6.93. The van der Waals surface area contributed by atoms with Gasteiger partial charge in [-0.25, -0.2) is 4.98 Å². The van der Waals surface area contributed by atoms with E-state index in [4.69, 9.17) is 0 Å². The van der Waals surface area contributed by atoms with E-state index in [1.54, 1.807) is 0 Å². The number of nitrogens with zero attached hydrogens (tertiary/aromatic N) is 4. The minimum atomic E-state index is 0.103. The molecule has 1 aliphatic carbocycles. The van der Waals surface area contributed by atoms with Gasteiger partial charge in [-0.2, -0.15) is 5.10 Å². The summed E-state index contributed by atoms with van der Waals surface area (Å²) in [5.41, 5.74) is 2.97. The lowest BCUT2D eigenvalue weighted by Crippen LogP contribution is -2.32. The van der Waals surface area contributed by atoms with Crippen LogP contribution in [-0.2, 0) is 6.54 Å². The fourth-order valence-electron chi connectivity index (χ4n) is 3.72. The van der Waals surface area contributed by atoms with E-state index in [1.807, 2.05) is 47.9 Å². The maximum atomic E-state index is 13.3. The van der Waals surface area contributed by atoms with Crippen LogP contribution in [0.3, 0.4) is 0 Å². The highest BCUT2D eigenvalue weighted by Gasteiger charge is 2.34. The molecular formula is C19H25N5O. The van der Waals surface area contributed by atoms with Gasteiger partial charge in [-0.05, 0) is 56.4 Å². The van der Waals surface area contributed by atoms with Crippen LogP contribution in [0.15, 0.2) is 24.4 Å². The molecule has 1 N–H and O–H groups in total. The zero-order valence-electron chi connectivity index (χ0n) is 14.9. The summed E-state index contributed by atoms with van der Waals surface area (Å²) in [6.07, 6.45) is 6.23. The average Bonchev–Trinajstić information content (AvgIpc) is 3.23. The molecule has 1 saturated heterocycles. The Morgan fingerprint density at radius 1 is 1.32 bits per heavy atom. The molecule has 25 heavy (non-hydrogen) atoms. The third-order valence-corrected chi connectivity index (χ3v) is 5.25. The standard InChI is InChI=1S/C19H25N5O/c1-3-24-17(12-15(22-24)13-6-7-13)19(25)23-10-4-5-16(23)14-8-9-21-18(11-14)20-2/h8-9,11-13,16H,3-7,10H2,1-2H3,(H,20,21)/t16-/m0/s1. The monoisotopic (exact) mass is 339 g/mol. The van der Waals surface area contributed by atoms with Gasteiger partial charge in [0.05, 0.1) is 11.7 Å². The summed E-state index contributed by atoms with van der Waals surface area (Å²) in [4.78, 5) is 19.5. The van der Waals surface area contributed by atoms with Gasteiger partial charge in [-0.1, -0.05) is 0 Å². The van der Waals surface area contributed by atoms with Crippen molar-refractivity contribution in [3.05, 3.63) is 41.3 Å². The van der Waals surface area contributed by atoms with Gasteiger partial charge in [0, 0.05) is 32.3 Å². The number of amides is 1. The minimum absolute atomic E-state index is 0.103. The van der Waals surface area contributed by atoms with Crippen molar-refractivity contribution in [2.24, 2.45) is 0 Å². The van der Waals surface area contributed by atoms with Crippen LogP contribution in [0.1, 0.15) is 66.3 Å². The Labute approximate surface area is 148 Å². The molecule has 3 heterocycles. The second kappa shape index (κ2) is 6.50. The van der Waals surface area contributed by atoms with E-state index < -0.39 is 0 Å². The first-order valence-electron chi connectivity index (χ1n) is 9.23. The SMILES string of the molecule is CCn1nc(C2CC2)cc1C(=O)N1CCC[C@H]1c1ccnc(NC)c1. The van der Waals surface area contributed by atoms with Crippen LogP contribution < -0.4 is 5.32 Å². The van der Waals surface area contributed by atoms with Gasteiger partial charge in [-0.15, -0.1) is 0 Å². The van der Waals surface area contributed by atoms with E-state index in [9.17, 15) is 4.79 Å². The largest absolute Gasteiger partial charge is 0.373 e. The molecule has 0 aromatic carbocycles. The predicted octanol–water partition coefficient (Wildman–Crippen LogP) is 3.19. The molecule has 1 amide bonds. The van der Waals surface area contributed by atoms with E-state index in [2.05, 4.69) is 15.4 Å². The highest BCUT2D eigenvalue weighted by atomic mass is 16.2. The molecule has 6 heteroatoms. The number of likely N-dealkylation sites (tertiary alicyclic amines) is 1. The molecule has 132 valence electrons. The van der Waals surface area contributed by atoms with Gasteiger partial charge in [-0.3, -0.25) is 9.48 Å². The van der Waals surface area contributed by atoms with E-state index in [0.717, 1.165) is 48.7 Å². The lowest BCUT2D eigenvalue weighted by atomic mass is 10.1. The van der Waals surface area contributed by atoms with Gasteiger partial charge in [0.15, 0.2) is 0 Å². The van der Waals surface area contributed by atoms with Crippen molar-refractivity contribution in [2.45, 2.75) is 51.1 Å². The van der Waals surface area contributed by atoms with Gasteiger partial charge < -0.3 is 10.2 Å². The first kappa shape index (κ1) is 16.1. The number of anilines is 1. The predicted molar refractivity (Wildman–Crippen MR) is 96.7 cm³/mol. The molecule has 0 radical (unpaired) electrons. The molecule has 2 aliphatic rings. The molecule has 0 bridgehead atoms. The normalized spacial score (nSPS) is 20.1. The van der Waals surface area contributed by atoms with Crippen LogP contribution in [-0.4, -0.2) is 39.2 Å². The number of carbonyl (C=O) groups excluding carboxylic acids is 1. The molecular weight excluding hydrogens is 314 g/mol. The number of aryl methyl sites for hydroxylation is 1. The van der Waals surface area contributed by atoms with Crippen LogP contribution in [0.2, 0.25) is 0 Å². The highest BCUT2D eigenvalue weighted by molar-refractivity contribution is 5.93. The maximum Gasteiger partial charge on any atom is 0.272 e. The highest BCUT2D eigenvalue weighted by Crippen LogP contribution is 2.40. The molecule has 2 aromatic rings. The summed E-state index contributed by atoms with van der Waals surface area (Å²) < 4.78 is 1.87. The quantitative estimate of drug-likeness (QED) is 0.909. The number of nitrogens with one attached hydrogen (secondary N) is 1. The number of hydrogen-bond donors (Lipinski definition) is 1. The van der Waals surface area contributed by atoms with E-state index in [1.165, 1.54) is 12.8 Å². The van der Waals surface area contributed by atoms with Gasteiger partial charge in [0.2, 0.25) is 0 Å². The Hall–Kier alpha value is -2.37. The van der Waals surface area contributed by atoms with E-state index >= 15 is 0 Å². The molecule has 6 nitrogen and oxygen atoms in total. The van der Waals surface area contributed by atoms with Crippen molar-refractivity contribution in [2.75, 3.05) is 18.9 Å². The summed E-state index contributed by atoms with van der Waals surface area (Å²) in [6.45, 7) is 3.57. The molecule has 1 atom stereocenters. The molecule has 4 rings (SSSR count). The van der Waals surface area contributed by atoms with Crippen LogP contribution in [0.5, 0.6) is 0 Å². The van der Waals surface area contributed by atoms with Gasteiger partial charge in [0.25, 0.3) is 5.91 Å². The van der Waals surface area contributed by atoms with Crippen LogP contribution in [0.25, 0.3) is 0 Å². The summed E-state index contributed by atoms with van der Waals surface area (Å²) in [5.74, 6) is 1.50. The Balaban J connectivity index is 1.62. The Morgan fingerprint density at radius 3 is 2.88 bits per heavy atom.